The highest BCUT2D eigenvalue weighted by Gasteiger charge is 2.48. The van der Waals surface area contributed by atoms with Crippen LogP contribution in [-0.4, -0.2) is 29.6 Å². The van der Waals surface area contributed by atoms with Crippen LogP contribution in [0.15, 0.2) is 0 Å². The number of hydrogen-bond donors (Lipinski definition) is 1. The minimum atomic E-state index is 0.319. The van der Waals surface area contributed by atoms with Crippen LogP contribution in [0.25, 0.3) is 0 Å². The smallest absolute Gasteiger partial charge is 0.0339 e. The van der Waals surface area contributed by atoms with Crippen molar-refractivity contribution in [1.29, 1.82) is 0 Å². The van der Waals surface area contributed by atoms with Crippen molar-refractivity contribution in [2.24, 2.45) is 17.6 Å². The third-order valence-corrected chi connectivity index (χ3v) is 4.30. The zero-order valence-corrected chi connectivity index (χ0v) is 11.8. The number of rotatable bonds is 6. The van der Waals surface area contributed by atoms with Crippen molar-refractivity contribution in [3.05, 3.63) is 0 Å². The summed E-state index contributed by atoms with van der Waals surface area (Å²) >= 11 is 0. The average molecular weight is 226 g/mol. The zero-order valence-electron chi connectivity index (χ0n) is 11.8. The molecule has 1 aliphatic carbocycles. The molecule has 0 aromatic carbocycles. The molecule has 0 amide bonds. The molecule has 2 heteroatoms. The first-order valence-corrected chi connectivity index (χ1v) is 6.93. The van der Waals surface area contributed by atoms with E-state index < -0.39 is 0 Å². The Balaban J connectivity index is 2.66. The minimum absolute atomic E-state index is 0.319. The molecule has 0 aromatic rings. The van der Waals surface area contributed by atoms with Crippen molar-refractivity contribution in [2.45, 2.75) is 65.5 Å². The molecule has 2 nitrogen and oxygen atoms in total. The van der Waals surface area contributed by atoms with E-state index in [0.29, 0.717) is 11.6 Å². The van der Waals surface area contributed by atoms with Gasteiger partial charge in [0.15, 0.2) is 0 Å². The standard InChI is InChI=1S/C14H30N2/c1-6-7-16(12(4)5)14(10-15)8-13(9-14)11(2)3/h11-13H,6-10,15H2,1-5H3. The second-order valence-electron chi connectivity index (χ2n) is 6.13. The van der Waals surface area contributed by atoms with Crippen LogP contribution in [0.1, 0.15) is 53.9 Å². The molecule has 0 saturated heterocycles. The lowest BCUT2D eigenvalue weighted by atomic mass is 9.62. The van der Waals surface area contributed by atoms with Gasteiger partial charge in [-0.05, 0) is 51.5 Å². The van der Waals surface area contributed by atoms with E-state index in [1.165, 1.54) is 25.8 Å². The van der Waals surface area contributed by atoms with Gasteiger partial charge in [0.05, 0.1) is 0 Å². The van der Waals surface area contributed by atoms with E-state index in [1.54, 1.807) is 0 Å². The normalized spacial score (nSPS) is 30.2. The first-order valence-electron chi connectivity index (χ1n) is 6.93. The van der Waals surface area contributed by atoms with Crippen LogP contribution < -0.4 is 5.73 Å². The van der Waals surface area contributed by atoms with E-state index in [-0.39, 0.29) is 0 Å². The van der Waals surface area contributed by atoms with Crippen LogP contribution in [0.4, 0.5) is 0 Å². The molecule has 0 bridgehead atoms. The molecule has 0 spiro atoms. The molecular formula is C14H30N2. The van der Waals surface area contributed by atoms with Crippen molar-refractivity contribution in [1.82, 2.24) is 4.90 Å². The molecule has 1 fully saturated rings. The maximum Gasteiger partial charge on any atom is 0.0339 e. The van der Waals surface area contributed by atoms with E-state index in [0.717, 1.165) is 18.4 Å². The zero-order chi connectivity index (χ0) is 12.3. The Labute approximate surface area is 102 Å². The SMILES string of the molecule is CCCN(C(C)C)C1(CN)CC(C(C)C)C1. The summed E-state index contributed by atoms with van der Waals surface area (Å²) in [7, 11) is 0. The Morgan fingerprint density at radius 3 is 2.12 bits per heavy atom. The maximum absolute atomic E-state index is 6.06. The Morgan fingerprint density at radius 2 is 1.81 bits per heavy atom. The van der Waals surface area contributed by atoms with Crippen LogP contribution in [0, 0.1) is 11.8 Å². The monoisotopic (exact) mass is 226 g/mol. The van der Waals surface area contributed by atoms with Gasteiger partial charge >= 0.3 is 0 Å². The molecule has 96 valence electrons. The molecule has 1 saturated carbocycles. The topological polar surface area (TPSA) is 29.3 Å². The fourth-order valence-electron chi connectivity index (χ4n) is 3.19. The van der Waals surface area contributed by atoms with Crippen LogP contribution >= 0.6 is 0 Å². The predicted octanol–water partition coefficient (Wildman–Crippen LogP) is 2.87. The lowest BCUT2D eigenvalue weighted by Crippen LogP contribution is -2.64. The van der Waals surface area contributed by atoms with Crippen LogP contribution in [0.5, 0.6) is 0 Å². The lowest BCUT2D eigenvalue weighted by molar-refractivity contribution is -0.0522. The highest BCUT2D eigenvalue weighted by atomic mass is 15.2. The van der Waals surface area contributed by atoms with Gasteiger partial charge in [-0.3, -0.25) is 4.90 Å². The first-order chi connectivity index (χ1) is 7.46. The molecule has 1 rings (SSSR count). The van der Waals surface area contributed by atoms with Gasteiger partial charge in [-0.15, -0.1) is 0 Å². The molecule has 16 heavy (non-hydrogen) atoms. The quantitative estimate of drug-likeness (QED) is 0.754. The largest absolute Gasteiger partial charge is 0.329 e. The summed E-state index contributed by atoms with van der Waals surface area (Å²) in [6, 6.07) is 0.622. The van der Waals surface area contributed by atoms with Crippen molar-refractivity contribution in [2.75, 3.05) is 13.1 Å². The molecule has 1 aliphatic rings. The average Bonchev–Trinajstić information content (AvgIpc) is 2.14. The molecule has 0 aromatic heterocycles. The summed E-state index contributed by atoms with van der Waals surface area (Å²) in [6.07, 6.45) is 3.84. The number of nitrogens with two attached hydrogens (primary N) is 1. The second kappa shape index (κ2) is 5.50. The van der Waals surface area contributed by atoms with Crippen LogP contribution in [-0.2, 0) is 0 Å². The lowest BCUT2D eigenvalue weighted by Gasteiger charge is -2.57. The summed E-state index contributed by atoms with van der Waals surface area (Å²) in [6.45, 7) is 13.6. The fraction of sp³-hybridized carbons (Fsp3) is 1.00. The Hall–Kier alpha value is -0.0800. The van der Waals surface area contributed by atoms with Gasteiger partial charge < -0.3 is 5.73 Å². The van der Waals surface area contributed by atoms with Gasteiger partial charge in [0, 0.05) is 18.1 Å². The van der Waals surface area contributed by atoms with Crippen molar-refractivity contribution < 1.29 is 0 Å². The second-order valence-corrected chi connectivity index (χ2v) is 6.13. The Morgan fingerprint density at radius 1 is 1.25 bits per heavy atom. The summed E-state index contributed by atoms with van der Waals surface area (Å²) in [5.74, 6) is 1.71. The predicted molar refractivity (Wildman–Crippen MR) is 71.5 cm³/mol. The molecule has 0 heterocycles. The summed E-state index contributed by atoms with van der Waals surface area (Å²) < 4.78 is 0. The summed E-state index contributed by atoms with van der Waals surface area (Å²) in [5.41, 5.74) is 6.38. The molecule has 0 unspecified atom stereocenters. The van der Waals surface area contributed by atoms with E-state index in [4.69, 9.17) is 5.73 Å². The van der Waals surface area contributed by atoms with Crippen LogP contribution in [0.2, 0.25) is 0 Å². The van der Waals surface area contributed by atoms with E-state index in [1.807, 2.05) is 0 Å². The van der Waals surface area contributed by atoms with Gasteiger partial charge in [0.25, 0.3) is 0 Å². The van der Waals surface area contributed by atoms with E-state index in [9.17, 15) is 0 Å². The van der Waals surface area contributed by atoms with Gasteiger partial charge in [0.2, 0.25) is 0 Å². The summed E-state index contributed by atoms with van der Waals surface area (Å²) in [5, 5.41) is 0. The van der Waals surface area contributed by atoms with Crippen molar-refractivity contribution >= 4 is 0 Å². The third-order valence-electron chi connectivity index (χ3n) is 4.30. The Bertz CT molecular complexity index is 205. The van der Waals surface area contributed by atoms with Gasteiger partial charge in [-0.1, -0.05) is 20.8 Å². The van der Waals surface area contributed by atoms with Crippen LogP contribution in [0.3, 0.4) is 0 Å². The van der Waals surface area contributed by atoms with E-state index >= 15 is 0 Å². The summed E-state index contributed by atoms with van der Waals surface area (Å²) in [4.78, 5) is 2.64. The highest BCUT2D eigenvalue weighted by Crippen LogP contribution is 2.46. The molecule has 0 atom stereocenters. The molecular weight excluding hydrogens is 196 g/mol. The highest BCUT2D eigenvalue weighted by molar-refractivity contribution is 5.04. The third kappa shape index (κ3) is 2.60. The van der Waals surface area contributed by atoms with Gasteiger partial charge in [-0.25, -0.2) is 0 Å². The van der Waals surface area contributed by atoms with E-state index in [2.05, 4.69) is 39.5 Å². The number of hydrogen-bond acceptors (Lipinski definition) is 2. The molecule has 0 aliphatic heterocycles. The Kier molecular flexibility index (Phi) is 4.81. The maximum atomic E-state index is 6.06. The first kappa shape index (κ1) is 14.0. The minimum Gasteiger partial charge on any atom is -0.329 e. The van der Waals surface area contributed by atoms with Crippen molar-refractivity contribution in [3.63, 3.8) is 0 Å². The molecule has 0 radical (unpaired) electrons. The van der Waals surface area contributed by atoms with Gasteiger partial charge in [-0.2, -0.15) is 0 Å². The molecule has 2 N–H and O–H groups in total. The fourth-order valence-corrected chi connectivity index (χ4v) is 3.19. The van der Waals surface area contributed by atoms with Gasteiger partial charge in [0.1, 0.15) is 0 Å². The van der Waals surface area contributed by atoms with Crippen molar-refractivity contribution in [3.8, 4) is 0 Å². The number of nitrogens with zero attached hydrogens (tertiary/aromatic N) is 1.